The molecule has 2 N–H and O–H groups in total. The Bertz CT molecular complexity index is 835. The Balaban J connectivity index is 1.02. The smallest absolute Gasteiger partial charge is 0.315 e. The lowest BCUT2D eigenvalue weighted by molar-refractivity contribution is -0.132. The van der Waals surface area contributed by atoms with Gasteiger partial charge in [-0.05, 0) is 81.3 Å². The maximum Gasteiger partial charge on any atom is 0.315 e. The van der Waals surface area contributed by atoms with Crippen LogP contribution in [0.5, 0.6) is 5.75 Å². The minimum Gasteiger partial charge on any atom is -0.490 e. The monoisotopic (exact) mass is 453 g/mol. The van der Waals surface area contributed by atoms with Crippen LogP contribution in [0.2, 0.25) is 0 Å². The summed E-state index contributed by atoms with van der Waals surface area (Å²) >= 11 is 0. The summed E-state index contributed by atoms with van der Waals surface area (Å²) in [6.07, 6.45) is 9.73. The average Bonchev–Trinajstić information content (AvgIpc) is 2.75. The van der Waals surface area contributed by atoms with Crippen LogP contribution in [-0.4, -0.2) is 48.1 Å². The molecule has 1 heterocycles. The summed E-state index contributed by atoms with van der Waals surface area (Å²) in [5.74, 6) is 3.52. The molecule has 5 fully saturated rings. The SMILES string of the molecule is Cc1cccc(C)c1OC1CCN(C(=O)CCNC(=O)NC23CC4CC(CC(C4)C2)C3)CC1. The molecule has 0 unspecified atom stereocenters. The quantitative estimate of drug-likeness (QED) is 0.673. The molecule has 6 rings (SSSR count). The number of amides is 3. The molecule has 1 saturated heterocycles. The van der Waals surface area contributed by atoms with Gasteiger partial charge in [-0.1, -0.05) is 18.2 Å². The topological polar surface area (TPSA) is 70.7 Å². The summed E-state index contributed by atoms with van der Waals surface area (Å²) in [4.78, 5) is 27.2. The molecule has 33 heavy (non-hydrogen) atoms. The highest BCUT2D eigenvalue weighted by molar-refractivity contribution is 5.78. The van der Waals surface area contributed by atoms with E-state index in [0.29, 0.717) is 26.1 Å². The van der Waals surface area contributed by atoms with Crippen molar-refractivity contribution in [1.82, 2.24) is 15.5 Å². The predicted octanol–water partition coefficient (Wildman–Crippen LogP) is 4.33. The molecular weight excluding hydrogens is 414 g/mol. The molecule has 0 spiro atoms. The molecule has 1 aliphatic heterocycles. The van der Waals surface area contributed by atoms with Crippen molar-refractivity contribution in [2.24, 2.45) is 17.8 Å². The zero-order valence-corrected chi connectivity index (χ0v) is 20.2. The maximum absolute atomic E-state index is 12.7. The minimum absolute atomic E-state index is 0.0141. The van der Waals surface area contributed by atoms with E-state index in [0.717, 1.165) is 66.7 Å². The summed E-state index contributed by atoms with van der Waals surface area (Å²) in [7, 11) is 0. The summed E-state index contributed by atoms with van der Waals surface area (Å²) in [6, 6.07) is 6.11. The Kier molecular flexibility index (Phi) is 6.28. The molecular formula is C27H39N3O3. The third-order valence-electron chi connectivity index (χ3n) is 8.53. The van der Waals surface area contributed by atoms with E-state index in [9.17, 15) is 9.59 Å². The van der Waals surface area contributed by atoms with Crippen molar-refractivity contribution in [3.05, 3.63) is 29.3 Å². The molecule has 3 amide bonds. The van der Waals surface area contributed by atoms with Crippen LogP contribution in [0.25, 0.3) is 0 Å². The summed E-state index contributed by atoms with van der Waals surface area (Å²) in [6.45, 7) is 5.98. The minimum atomic E-state index is -0.0922. The van der Waals surface area contributed by atoms with Crippen LogP contribution >= 0.6 is 0 Å². The third kappa shape index (κ3) is 4.99. The van der Waals surface area contributed by atoms with Crippen LogP contribution in [0, 0.1) is 31.6 Å². The molecule has 6 nitrogen and oxygen atoms in total. The number of hydrogen-bond acceptors (Lipinski definition) is 3. The maximum atomic E-state index is 12.7. The molecule has 0 aromatic heterocycles. The van der Waals surface area contributed by atoms with E-state index in [4.69, 9.17) is 4.74 Å². The Hall–Kier alpha value is -2.24. The summed E-state index contributed by atoms with van der Waals surface area (Å²) in [5.41, 5.74) is 2.33. The third-order valence-corrected chi connectivity index (χ3v) is 8.53. The van der Waals surface area contributed by atoms with E-state index in [1.54, 1.807) is 0 Å². The normalized spacial score (nSPS) is 30.8. The van der Waals surface area contributed by atoms with E-state index < -0.39 is 0 Å². The lowest BCUT2D eigenvalue weighted by atomic mass is 9.53. The first kappa shape index (κ1) is 22.5. The number of para-hydroxylation sites is 1. The molecule has 5 aliphatic rings. The number of likely N-dealkylation sites (tertiary alicyclic amines) is 1. The molecule has 1 aromatic carbocycles. The number of carbonyl (C=O) groups is 2. The molecule has 4 aliphatic carbocycles. The fourth-order valence-corrected chi connectivity index (χ4v) is 7.36. The number of carbonyl (C=O) groups excluding carboxylic acids is 2. The second-order valence-corrected chi connectivity index (χ2v) is 11.2. The molecule has 0 radical (unpaired) electrons. The van der Waals surface area contributed by atoms with Crippen LogP contribution < -0.4 is 15.4 Å². The van der Waals surface area contributed by atoms with Gasteiger partial charge < -0.3 is 20.3 Å². The van der Waals surface area contributed by atoms with Gasteiger partial charge in [0.05, 0.1) is 0 Å². The number of ether oxygens (including phenoxy) is 1. The number of nitrogens with zero attached hydrogens (tertiary/aromatic N) is 1. The fourth-order valence-electron chi connectivity index (χ4n) is 7.36. The van der Waals surface area contributed by atoms with Gasteiger partial charge in [0.2, 0.25) is 5.91 Å². The van der Waals surface area contributed by atoms with Crippen LogP contribution in [0.1, 0.15) is 68.9 Å². The number of hydrogen-bond donors (Lipinski definition) is 2. The second-order valence-electron chi connectivity index (χ2n) is 11.2. The lowest BCUT2D eigenvalue weighted by Gasteiger charge is -2.56. The molecule has 1 aromatic rings. The first-order valence-electron chi connectivity index (χ1n) is 13.0. The number of aryl methyl sites for hydroxylation is 2. The van der Waals surface area contributed by atoms with Crippen molar-refractivity contribution in [2.45, 2.75) is 83.3 Å². The highest BCUT2D eigenvalue weighted by Gasteiger charge is 2.51. The number of benzene rings is 1. The standard InChI is InChI=1S/C27H39N3O3/c1-18-4-3-5-19(2)25(18)33-23-7-10-30(11-8-23)24(31)6-9-28-26(32)29-27-15-20-12-21(16-27)14-22(13-20)17-27/h3-5,20-23H,6-17H2,1-2H3,(H2,28,29,32). The predicted molar refractivity (Wildman–Crippen MR) is 128 cm³/mol. The number of nitrogens with one attached hydrogen (secondary N) is 2. The Morgan fingerprint density at radius 1 is 1.00 bits per heavy atom. The van der Waals surface area contributed by atoms with E-state index >= 15 is 0 Å². The first-order valence-corrected chi connectivity index (χ1v) is 13.0. The largest absolute Gasteiger partial charge is 0.490 e. The van der Waals surface area contributed by atoms with E-state index in [1.165, 1.54) is 19.3 Å². The first-order chi connectivity index (χ1) is 15.9. The van der Waals surface area contributed by atoms with Gasteiger partial charge in [0, 0.05) is 44.4 Å². The van der Waals surface area contributed by atoms with E-state index in [-0.39, 0.29) is 23.6 Å². The van der Waals surface area contributed by atoms with Gasteiger partial charge >= 0.3 is 6.03 Å². The number of piperidine rings is 1. The van der Waals surface area contributed by atoms with Crippen molar-refractivity contribution >= 4 is 11.9 Å². The fraction of sp³-hybridized carbons (Fsp3) is 0.704. The van der Waals surface area contributed by atoms with Crippen molar-refractivity contribution in [1.29, 1.82) is 0 Å². The molecule has 0 atom stereocenters. The zero-order chi connectivity index (χ0) is 23.0. The van der Waals surface area contributed by atoms with Gasteiger partial charge in [-0.25, -0.2) is 4.79 Å². The molecule has 180 valence electrons. The van der Waals surface area contributed by atoms with Crippen molar-refractivity contribution in [3.8, 4) is 5.75 Å². The van der Waals surface area contributed by atoms with Crippen molar-refractivity contribution < 1.29 is 14.3 Å². The van der Waals surface area contributed by atoms with Crippen molar-refractivity contribution in [2.75, 3.05) is 19.6 Å². The van der Waals surface area contributed by atoms with Crippen molar-refractivity contribution in [3.63, 3.8) is 0 Å². The van der Waals surface area contributed by atoms with Crippen LogP contribution in [0.3, 0.4) is 0 Å². The second kappa shape index (κ2) is 9.19. The highest BCUT2D eigenvalue weighted by atomic mass is 16.5. The molecule has 4 bridgehead atoms. The highest BCUT2D eigenvalue weighted by Crippen LogP contribution is 2.55. The van der Waals surface area contributed by atoms with Crippen LogP contribution in [0.4, 0.5) is 4.79 Å². The van der Waals surface area contributed by atoms with Gasteiger partial charge in [-0.15, -0.1) is 0 Å². The van der Waals surface area contributed by atoms with E-state index in [1.807, 2.05) is 4.90 Å². The van der Waals surface area contributed by atoms with Gasteiger partial charge in [0.1, 0.15) is 11.9 Å². The van der Waals surface area contributed by atoms with E-state index in [2.05, 4.69) is 42.7 Å². The summed E-state index contributed by atoms with van der Waals surface area (Å²) < 4.78 is 6.27. The Morgan fingerprint density at radius 2 is 1.58 bits per heavy atom. The summed E-state index contributed by atoms with van der Waals surface area (Å²) in [5, 5.41) is 6.28. The number of urea groups is 1. The lowest BCUT2D eigenvalue weighted by Crippen LogP contribution is -2.61. The molecule has 6 heteroatoms. The molecule has 4 saturated carbocycles. The van der Waals surface area contributed by atoms with Crippen LogP contribution in [0.15, 0.2) is 18.2 Å². The average molecular weight is 454 g/mol. The number of rotatable bonds is 6. The van der Waals surface area contributed by atoms with Gasteiger partial charge in [-0.3, -0.25) is 4.79 Å². The van der Waals surface area contributed by atoms with Crippen LogP contribution in [-0.2, 0) is 4.79 Å². The zero-order valence-electron chi connectivity index (χ0n) is 20.2. The van der Waals surface area contributed by atoms with Gasteiger partial charge in [-0.2, -0.15) is 0 Å². The van der Waals surface area contributed by atoms with Gasteiger partial charge in [0.25, 0.3) is 0 Å². The Labute approximate surface area is 197 Å². The Morgan fingerprint density at radius 3 is 2.15 bits per heavy atom. The van der Waals surface area contributed by atoms with Gasteiger partial charge in [0.15, 0.2) is 0 Å².